The summed E-state index contributed by atoms with van der Waals surface area (Å²) in [4.78, 5) is 5.00. The number of unbranched alkanes of at least 4 members (excludes halogenated alkanes) is 1. The van der Waals surface area contributed by atoms with Gasteiger partial charge in [-0.3, -0.25) is 4.90 Å². The Bertz CT molecular complexity index is 389. The maximum absolute atomic E-state index is 5.45. The van der Waals surface area contributed by atoms with Gasteiger partial charge in [-0.2, -0.15) is 0 Å². The molecule has 0 atom stereocenters. The minimum Gasteiger partial charge on any atom is -0.495 e. The van der Waals surface area contributed by atoms with Gasteiger partial charge in [0.25, 0.3) is 0 Å². The minimum atomic E-state index is 0.981. The van der Waals surface area contributed by atoms with E-state index in [4.69, 9.17) is 4.74 Å². The molecule has 0 radical (unpaired) electrons. The molecule has 0 aliphatic carbocycles. The van der Waals surface area contributed by atoms with Crippen molar-refractivity contribution in [1.29, 1.82) is 0 Å². The van der Waals surface area contributed by atoms with Gasteiger partial charge in [-0.25, -0.2) is 0 Å². The van der Waals surface area contributed by atoms with Crippen molar-refractivity contribution in [1.82, 2.24) is 10.2 Å². The summed E-state index contributed by atoms with van der Waals surface area (Å²) in [6, 6.07) is 8.31. The maximum atomic E-state index is 5.45. The molecule has 20 heavy (non-hydrogen) atoms. The molecule has 4 heteroatoms. The highest BCUT2D eigenvalue weighted by Crippen LogP contribution is 2.28. The summed E-state index contributed by atoms with van der Waals surface area (Å²) in [5.74, 6) is 0.981. The van der Waals surface area contributed by atoms with E-state index in [0.717, 1.165) is 38.5 Å². The number of para-hydroxylation sites is 2. The van der Waals surface area contributed by atoms with E-state index < -0.39 is 0 Å². The molecule has 1 saturated heterocycles. The van der Waals surface area contributed by atoms with E-state index in [1.165, 1.54) is 25.1 Å². The molecule has 1 fully saturated rings. The fourth-order valence-electron chi connectivity index (χ4n) is 2.74. The molecule has 0 amide bonds. The van der Waals surface area contributed by atoms with Crippen molar-refractivity contribution in [2.75, 3.05) is 58.3 Å². The number of ether oxygens (including phenoxy) is 1. The quantitative estimate of drug-likeness (QED) is 0.769. The summed E-state index contributed by atoms with van der Waals surface area (Å²) in [5.41, 5.74) is 1.23. The molecule has 1 aromatic rings. The van der Waals surface area contributed by atoms with Crippen LogP contribution in [0.25, 0.3) is 0 Å². The first-order valence-corrected chi connectivity index (χ1v) is 7.60. The number of nitrogens with zero attached hydrogens (tertiary/aromatic N) is 2. The molecule has 4 nitrogen and oxygen atoms in total. The number of methoxy groups -OCH3 is 1. The number of nitrogens with one attached hydrogen (secondary N) is 1. The van der Waals surface area contributed by atoms with E-state index in [1.54, 1.807) is 7.11 Å². The van der Waals surface area contributed by atoms with Crippen LogP contribution < -0.4 is 15.0 Å². The van der Waals surface area contributed by atoms with Crippen LogP contribution >= 0.6 is 0 Å². The predicted octanol–water partition coefficient (Wildman–Crippen LogP) is 1.82. The number of hydrogen-bond acceptors (Lipinski definition) is 4. The SMILES string of the molecule is CNCCCCN1CCN(c2ccccc2OC)CC1. The van der Waals surface area contributed by atoms with E-state index in [0.29, 0.717) is 0 Å². The molecule has 1 aliphatic rings. The Kier molecular flexibility index (Phi) is 6.15. The Morgan fingerprint density at radius 3 is 2.55 bits per heavy atom. The van der Waals surface area contributed by atoms with Crippen LogP contribution in [0, 0.1) is 0 Å². The maximum Gasteiger partial charge on any atom is 0.142 e. The van der Waals surface area contributed by atoms with Crippen molar-refractivity contribution in [3.63, 3.8) is 0 Å². The first kappa shape index (κ1) is 15.1. The van der Waals surface area contributed by atoms with Crippen LogP contribution in [0.3, 0.4) is 0 Å². The van der Waals surface area contributed by atoms with Gasteiger partial charge in [-0.15, -0.1) is 0 Å². The summed E-state index contributed by atoms with van der Waals surface area (Å²) in [6.45, 7) is 6.83. The third-order valence-electron chi connectivity index (χ3n) is 3.95. The fourth-order valence-corrected chi connectivity index (χ4v) is 2.74. The van der Waals surface area contributed by atoms with Crippen molar-refractivity contribution < 1.29 is 4.74 Å². The Balaban J connectivity index is 1.79. The number of anilines is 1. The van der Waals surface area contributed by atoms with Gasteiger partial charge in [0.15, 0.2) is 0 Å². The fraction of sp³-hybridized carbons (Fsp3) is 0.625. The van der Waals surface area contributed by atoms with Crippen molar-refractivity contribution in [3.05, 3.63) is 24.3 Å². The number of piperazine rings is 1. The molecular formula is C16H27N3O. The molecular weight excluding hydrogens is 250 g/mol. The Morgan fingerprint density at radius 1 is 1.10 bits per heavy atom. The van der Waals surface area contributed by atoms with Crippen LogP contribution in [0.5, 0.6) is 5.75 Å². The number of rotatable bonds is 7. The molecule has 1 N–H and O–H groups in total. The molecule has 0 spiro atoms. The summed E-state index contributed by atoms with van der Waals surface area (Å²) in [6.07, 6.45) is 2.55. The van der Waals surface area contributed by atoms with Crippen LogP contribution in [0.4, 0.5) is 5.69 Å². The topological polar surface area (TPSA) is 27.7 Å². The molecule has 1 heterocycles. The minimum absolute atomic E-state index is 0.981. The number of hydrogen-bond donors (Lipinski definition) is 1. The Morgan fingerprint density at radius 2 is 1.85 bits per heavy atom. The standard InChI is InChI=1S/C16H27N3O/c1-17-9-5-6-10-18-11-13-19(14-12-18)15-7-3-4-8-16(15)20-2/h3-4,7-8,17H,5-6,9-14H2,1-2H3. The third-order valence-corrected chi connectivity index (χ3v) is 3.95. The van der Waals surface area contributed by atoms with Gasteiger partial charge in [0, 0.05) is 26.2 Å². The van der Waals surface area contributed by atoms with Crippen LogP contribution in [-0.4, -0.2) is 58.3 Å². The van der Waals surface area contributed by atoms with Gasteiger partial charge in [0.2, 0.25) is 0 Å². The monoisotopic (exact) mass is 277 g/mol. The predicted molar refractivity (Wildman–Crippen MR) is 84.8 cm³/mol. The second-order valence-corrected chi connectivity index (χ2v) is 5.31. The average Bonchev–Trinajstić information content (AvgIpc) is 2.52. The lowest BCUT2D eigenvalue weighted by atomic mass is 10.2. The lowest BCUT2D eigenvalue weighted by Crippen LogP contribution is -2.46. The largest absolute Gasteiger partial charge is 0.495 e. The molecule has 0 saturated carbocycles. The highest BCUT2D eigenvalue weighted by molar-refractivity contribution is 5.58. The van der Waals surface area contributed by atoms with E-state index in [1.807, 2.05) is 19.2 Å². The zero-order valence-corrected chi connectivity index (χ0v) is 12.8. The van der Waals surface area contributed by atoms with E-state index in [2.05, 4.69) is 27.2 Å². The first-order valence-electron chi connectivity index (χ1n) is 7.60. The van der Waals surface area contributed by atoms with Gasteiger partial charge in [0.1, 0.15) is 5.75 Å². The molecule has 0 unspecified atom stereocenters. The zero-order valence-electron chi connectivity index (χ0n) is 12.8. The third kappa shape index (κ3) is 4.12. The second kappa shape index (κ2) is 8.12. The van der Waals surface area contributed by atoms with Crippen LogP contribution in [-0.2, 0) is 0 Å². The highest BCUT2D eigenvalue weighted by Gasteiger charge is 2.18. The van der Waals surface area contributed by atoms with Crippen LogP contribution in [0.2, 0.25) is 0 Å². The van der Waals surface area contributed by atoms with E-state index in [-0.39, 0.29) is 0 Å². The molecule has 112 valence electrons. The van der Waals surface area contributed by atoms with Crippen LogP contribution in [0.15, 0.2) is 24.3 Å². The van der Waals surface area contributed by atoms with Crippen molar-refractivity contribution >= 4 is 5.69 Å². The highest BCUT2D eigenvalue weighted by atomic mass is 16.5. The lowest BCUT2D eigenvalue weighted by molar-refractivity contribution is 0.252. The van der Waals surface area contributed by atoms with Crippen molar-refractivity contribution in [3.8, 4) is 5.75 Å². The average molecular weight is 277 g/mol. The molecule has 1 aliphatic heterocycles. The molecule has 1 aromatic carbocycles. The Hall–Kier alpha value is -1.26. The summed E-state index contributed by atoms with van der Waals surface area (Å²) < 4.78 is 5.45. The summed E-state index contributed by atoms with van der Waals surface area (Å²) in [7, 11) is 3.77. The van der Waals surface area contributed by atoms with Gasteiger partial charge < -0.3 is 15.0 Å². The van der Waals surface area contributed by atoms with Crippen molar-refractivity contribution in [2.24, 2.45) is 0 Å². The molecule has 2 rings (SSSR count). The molecule has 0 aromatic heterocycles. The second-order valence-electron chi connectivity index (χ2n) is 5.31. The Labute approximate surface area is 122 Å². The first-order chi connectivity index (χ1) is 9.85. The smallest absolute Gasteiger partial charge is 0.142 e. The summed E-state index contributed by atoms with van der Waals surface area (Å²) in [5, 5.41) is 3.21. The molecule has 0 bridgehead atoms. The van der Waals surface area contributed by atoms with E-state index in [9.17, 15) is 0 Å². The summed E-state index contributed by atoms with van der Waals surface area (Å²) >= 11 is 0. The zero-order chi connectivity index (χ0) is 14.2. The normalized spacial score (nSPS) is 16.4. The van der Waals surface area contributed by atoms with Gasteiger partial charge in [-0.05, 0) is 45.1 Å². The van der Waals surface area contributed by atoms with Gasteiger partial charge in [-0.1, -0.05) is 12.1 Å². The van der Waals surface area contributed by atoms with Gasteiger partial charge >= 0.3 is 0 Å². The lowest BCUT2D eigenvalue weighted by Gasteiger charge is -2.36. The van der Waals surface area contributed by atoms with Crippen LogP contribution in [0.1, 0.15) is 12.8 Å². The van der Waals surface area contributed by atoms with Crippen molar-refractivity contribution in [2.45, 2.75) is 12.8 Å². The number of benzene rings is 1. The van der Waals surface area contributed by atoms with E-state index >= 15 is 0 Å². The van der Waals surface area contributed by atoms with Gasteiger partial charge in [0.05, 0.1) is 12.8 Å².